The Morgan fingerprint density at radius 3 is 2.61 bits per heavy atom. The summed E-state index contributed by atoms with van der Waals surface area (Å²) in [6.45, 7) is 3.05. The summed E-state index contributed by atoms with van der Waals surface area (Å²) >= 11 is 1.35. The van der Waals surface area contributed by atoms with E-state index in [-0.39, 0.29) is 17.7 Å². The molecule has 2 aromatic heterocycles. The van der Waals surface area contributed by atoms with Gasteiger partial charge in [-0.1, -0.05) is 42.5 Å². The largest absolute Gasteiger partial charge is 0.379 e. The average molecular weight is 526 g/mol. The maximum atomic E-state index is 13.3. The molecule has 2 aromatic carbocycles. The van der Waals surface area contributed by atoms with E-state index >= 15 is 0 Å². The molecule has 6 rings (SSSR count). The van der Waals surface area contributed by atoms with Crippen molar-refractivity contribution in [2.24, 2.45) is 10.9 Å². The summed E-state index contributed by atoms with van der Waals surface area (Å²) in [5.74, 6) is 0.782. The van der Waals surface area contributed by atoms with Crippen LogP contribution in [0.15, 0.2) is 77.4 Å². The maximum absolute atomic E-state index is 13.3. The molecule has 2 aliphatic heterocycles. The number of aromatic nitrogens is 2. The normalized spacial score (nSPS) is 16.9. The monoisotopic (exact) mass is 525 g/mol. The summed E-state index contributed by atoms with van der Waals surface area (Å²) in [5, 5.41) is 3.41. The highest BCUT2D eigenvalue weighted by molar-refractivity contribution is 7.11. The van der Waals surface area contributed by atoms with Crippen molar-refractivity contribution in [1.29, 1.82) is 0 Å². The van der Waals surface area contributed by atoms with Crippen LogP contribution in [0.4, 0.5) is 0 Å². The van der Waals surface area contributed by atoms with Gasteiger partial charge in [-0.05, 0) is 23.3 Å². The summed E-state index contributed by atoms with van der Waals surface area (Å²) in [4.78, 5) is 42.8. The first-order valence-electron chi connectivity index (χ1n) is 12.7. The van der Waals surface area contributed by atoms with Crippen LogP contribution in [0.3, 0.4) is 0 Å². The summed E-state index contributed by atoms with van der Waals surface area (Å²) in [7, 11) is 0. The van der Waals surface area contributed by atoms with Crippen molar-refractivity contribution in [3.8, 4) is 11.1 Å². The summed E-state index contributed by atoms with van der Waals surface area (Å²) in [6.07, 6.45) is 3.75. The quantitative estimate of drug-likeness (QED) is 0.391. The number of nitrogens with zero attached hydrogens (tertiary/aromatic N) is 5. The maximum Gasteiger partial charge on any atom is 0.282 e. The van der Waals surface area contributed by atoms with Crippen molar-refractivity contribution in [1.82, 2.24) is 19.8 Å². The van der Waals surface area contributed by atoms with Gasteiger partial charge in [-0.15, -0.1) is 11.3 Å². The molecule has 8 nitrogen and oxygen atoms in total. The number of benzene rings is 2. The fraction of sp³-hybridized carbons (Fsp3) is 0.276. The van der Waals surface area contributed by atoms with Gasteiger partial charge in [-0.2, -0.15) is 0 Å². The van der Waals surface area contributed by atoms with Crippen LogP contribution in [0, 0.1) is 5.92 Å². The molecular weight excluding hydrogens is 498 g/mol. The Bertz CT molecular complexity index is 1480. The smallest absolute Gasteiger partial charge is 0.282 e. The number of likely N-dealkylation sites (tertiary alicyclic amines) is 1. The number of amides is 2. The number of pyridine rings is 1. The number of hydrogen-bond acceptors (Lipinski definition) is 7. The first kappa shape index (κ1) is 24.4. The Morgan fingerprint density at radius 2 is 1.79 bits per heavy atom. The number of carbonyl (C=O) groups excluding carboxylic acids is 2. The van der Waals surface area contributed by atoms with Crippen LogP contribution >= 0.6 is 11.3 Å². The third kappa shape index (κ3) is 5.07. The molecular formula is C29H27N5O3S. The number of thiazole rings is 1. The van der Waals surface area contributed by atoms with Crippen LogP contribution in [0.1, 0.15) is 21.8 Å². The molecule has 0 spiro atoms. The van der Waals surface area contributed by atoms with E-state index in [9.17, 15) is 9.59 Å². The third-order valence-electron chi connectivity index (χ3n) is 6.90. The molecule has 38 heavy (non-hydrogen) atoms. The summed E-state index contributed by atoms with van der Waals surface area (Å²) < 4.78 is 5.59. The van der Waals surface area contributed by atoms with E-state index in [0.29, 0.717) is 56.7 Å². The molecule has 2 aliphatic rings. The van der Waals surface area contributed by atoms with Gasteiger partial charge in [-0.25, -0.2) is 4.98 Å². The standard InChI is InChI=1S/C29H27N5O3S/c35-26-9-13-37-14-11-31-27(34(26)19-20-17-33(18-20)29(36)28-32-12-15-38-28)23-6-3-21(4-7-23)24-8-5-22-2-1-10-30-25(22)16-24/h1-8,10,12,15-16,20H,9,11,13-14,17-19H2. The van der Waals surface area contributed by atoms with Gasteiger partial charge >= 0.3 is 0 Å². The summed E-state index contributed by atoms with van der Waals surface area (Å²) in [6, 6.07) is 18.4. The van der Waals surface area contributed by atoms with Crippen molar-refractivity contribution in [3.05, 3.63) is 82.9 Å². The molecule has 4 heterocycles. The lowest BCUT2D eigenvalue weighted by molar-refractivity contribution is -0.129. The molecule has 0 N–H and O–H groups in total. The second kappa shape index (κ2) is 10.8. The van der Waals surface area contributed by atoms with Gasteiger partial charge in [-0.3, -0.25) is 24.5 Å². The molecule has 2 amide bonds. The van der Waals surface area contributed by atoms with Gasteiger partial charge < -0.3 is 9.64 Å². The zero-order chi connectivity index (χ0) is 25.9. The van der Waals surface area contributed by atoms with E-state index in [0.717, 1.165) is 27.6 Å². The highest BCUT2D eigenvalue weighted by atomic mass is 32.1. The van der Waals surface area contributed by atoms with E-state index < -0.39 is 0 Å². The first-order valence-corrected chi connectivity index (χ1v) is 13.6. The Kier molecular flexibility index (Phi) is 6.94. The van der Waals surface area contributed by atoms with Crippen molar-refractivity contribution in [3.63, 3.8) is 0 Å². The highest BCUT2D eigenvalue weighted by Crippen LogP contribution is 2.26. The molecule has 192 valence electrons. The van der Waals surface area contributed by atoms with Gasteiger partial charge in [0.05, 0.1) is 31.7 Å². The number of aliphatic imine (C=N–C) groups is 1. The molecule has 0 atom stereocenters. The van der Waals surface area contributed by atoms with Crippen LogP contribution in [-0.2, 0) is 9.53 Å². The fourth-order valence-corrected chi connectivity index (χ4v) is 5.49. The van der Waals surface area contributed by atoms with E-state index in [4.69, 9.17) is 9.73 Å². The van der Waals surface area contributed by atoms with E-state index in [2.05, 4.69) is 46.4 Å². The minimum Gasteiger partial charge on any atom is -0.379 e. The number of rotatable bonds is 5. The van der Waals surface area contributed by atoms with E-state index in [1.165, 1.54) is 11.3 Å². The van der Waals surface area contributed by atoms with E-state index in [1.807, 2.05) is 18.2 Å². The molecule has 1 saturated heterocycles. The second-order valence-corrected chi connectivity index (χ2v) is 10.4. The number of fused-ring (bicyclic) bond motifs is 1. The number of carbonyl (C=O) groups is 2. The lowest BCUT2D eigenvalue weighted by Crippen LogP contribution is -2.55. The molecule has 1 fully saturated rings. The van der Waals surface area contributed by atoms with Gasteiger partial charge in [0.1, 0.15) is 5.84 Å². The molecule has 4 aromatic rings. The van der Waals surface area contributed by atoms with Gasteiger partial charge in [0, 0.05) is 54.3 Å². The van der Waals surface area contributed by atoms with Crippen LogP contribution in [0.5, 0.6) is 0 Å². The first-order chi connectivity index (χ1) is 18.7. The average Bonchev–Trinajstić information content (AvgIpc) is 3.49. The molecule has 0 aliphatic carbocycles. The van der Waals surface area contributed by atoms with Crippen molar-refractivity contribution in [2.45, 2.75) is 6.42 Å². The predicted molar refractivity (Wildman–Crippen MR) is 147 cm³/mol. The lowest BCUT2D eigenvalue weighted by atomic mass is 9.98. The van der Waals surface area contributed by atoms with Crippen LogP contribution in [-0.4, -0.2) is 76.8 Å². The molecule has 0 radical (unpaired) electrons. The Morgan fingerprint density at radius 1 is 0.974 bits per heavy atom. The number of amidine groups is 1. The van der Waals surface area contributed by atoms with Gasteiger partial charge in [0.2, 0.25) is 5.91 Å². The zero-order valence-corrected chi connectivity index (χ0v) is 21.6. The fourth-order valence-electron chi connectivity index (χ4n) is 4.88. The molecule has 0 bridgehead atoms. The third-order valence-corrected chi connectivity index (χ3v) is 7.66. The second-order valence-electron chi connectivity index (χ2n) is 9.47. The van der Waals surface area contributed by atoms with Crippen molar-refractivity contribution in [2.75, 3.05) is 39.4 Å². The molecule has 0 saturated carbocycles. The highest BCUT2D eigenvalue weighted by Gasteiger charge is 2.35. The SMILES string of the molecule is O=C(c1nccs1)N1CC(CN2C(=O)CCOCCN=C2c2ccc(-c3ccc4cccnc4c3)cc2)C1. The molecule has 0 unspecified atom stereocenters. The Labute approximate surface area is 224 Å². The Hall–Kier alpha value is -3.95. The predicted octanol–water partition coefficient (Wildman–Crippen LogP) is 4.13. The van der Waals surface area contributed by atoms with Crippen molar-refractivity contribution < 1.29 is 14.3 Å². The minimum absolute atomic E-state index is 0.0139. The number of hydrogen-bond donors (Lipinski definition) is 0. The Balaban J connectivity index is 1.22. The van der Waals surface area contributed by atoms with Gasteiger partial charge in [0.25, 0.3) is 5.91 Å². The van der Waals surface area contributed by atoms with Crippen LogP contribution < -0.4 is 0 Å². The van der Waals surface area contributed by atoms with E-state index in [1.54, 1.807) is 27.6 Å². The van der Waals surface area contributed by atoms with Crippen LogP contribution in [0.2, 0.25) is 0 Å². The van der Waals surface area contributed by atoms with Crippen LogP contribution in [0.25, 0.3) is 22.0 Å². The minimum atomic E-state index is -0.0474. The number of ether oxygens (including phenoxy) is 1. The van der Waals surface area contributed by atoms with Crippen molar-refractivity contribution >= 4 is 39.9 Å². The van der Waals surface area contributed by atoms with Gasteiger partial charge in [0.15, 0.2) is 5.01 Å². The summed E-state index contributed by atoms with van der Waals surface area (Å²) in [5.41, 5.74) is 3.99. The lowest BCUT2D eigenvalue weighted by Gasteiger charge is -2.41. The topological polar surface area (TPSA) is 88.0 Å². The zero-order valence-electron chi connectivity index (χ0n) is 20.8. The molecule has 9 heteroatoms.